The van der Waals surface area contributed by atoms with Gasteiger partial charge in [-0.05, 0) is 73.9 Å². The van der Waals surface area contributed by atoms with Gasteiger partial charge in [0.2, 0.25) is 0 Å². The van der Waals surface area contributed by atoms with E-state index in [1.165, 1.54) is 0 Å². The van der Waals surface area contributed by atoms with Crippen LogP contribution in [0.3, 0.4) is 0 Å². The number of ether oxygens (including phenoxy) is 1. The van der Waals surface area contributed by atoms with Crippen LogP contribution in [0.4, 0.5) is 11.4 Å². The topological polar surface area (TPSA) is 58.6 Å². The number of amides is 2. The predicted molar refractivity (Wildman–Crippen MR) is 123 cm³/mol. The van der Waals surface area contributed by atoms with Crippen LogP contribution in [0.15, 0.2) is 66.7 Å². The number of para-hydroxylation sites is 2. The fourth-order valence-electron chi connectivity index (χ4n) is 3.77. The van der Waals surface area contributed by atoms with Crippen LogP contribution in [0.2, 0.25) is 5.02 Å². The Morgan fingerprint density at radius 3 is 2.68 bits per heavy atom. The summed E-state index contributed by atoms with van der Waals surface area (Å²) in [6.07, 6.45) is 1.64. The van der Waals surface area contributed by atoms with Crippen molar-refractivity contribution in [3.63, 3.8) is 0 Å². The molecule has 3 aromatic rings. The average molecular weight is 435 g/mol. The Kier molecular flexibility index (Phi) is 6.23. The predicted octanol–water partition coefficient (Wildman–Crippen LogP) is 5.58. The summed E-state index contributed by atoms with van der Waals surface area (Å²) in [5.41, 5.74) is 3.54. The van der Waals surface area contributed by atoms with E-state index in [2.05, 4.69) is 5.32 Å². The first kappa shape index (κ1) is 20.9. The maximum Gasteiger partial charge on any atom is 0.258 e. The number of carbonyl (C=O) groups excluding carboxylic acids is 2. The lowest BCUT2D eigenvalue weighted by molar-refractivity contribution is 0.0984. The van der Waals surface area contributed by atoms with Gasteiger partial charge in [0.1, 0.15) is 5.75 Å². The van der Waals surface area contributed by atoms with Crippen LogP contribution in [-0.4, -0.2) is 25.0 Å². The molecule has 31 heavy (non-hydrogen) atoms. The van der Waals surface area contributed by atoms with Crippen LogP contribution in [0, 0.1) is 0 Å². The minimum Gasteiger partial charge on any atom is -0.492 e. The third kappa shape index (κ3) is 4.57. The maximum absolute atomic E-state index is 13.0. The Bertz CT molecular complexity index is 1130. The Labute approximate surface area is 186 Å². The molecule has 1 aliphatic rings. The molecule has 0 fully saturated rings. The second kappa shape index (κ2) is 9.23. The van der Waals surface area contributed by atoms with Crippen molar-refractivity contribution in [2.24, 2.45) is 0 Å². The number of carbonyl (C=O) groups is 2. The molecular formula is C25H23ClN2O3. The van der Waals surface area contributed by atoms with Gasteiger partial charge >= 0.3 is 0 Å². The normalized spacial score (nSPS) is 12.8. The molecule has 5 nitrogen and oxygen atoms in total. The zero-order valence-corrected chi connectivity index (χ0v) is 18.0. The second-order valence-electron chi connectivity index (χ2n) is 7.30. The molecule has 0 saturated heterocycles. The van der Waals surface area contributed by atoms with Gasteiger partial charge in [-0.2, -0.15) is 0 Å². The van der Waals surface area contributed by atoms with Crippen molar-refractivity contribution in [1.82, 2.24) is 0 Å². The molecule has 0 atom stereocenters. The summed E-state index contributed by atoms with van der Waals surface area (Å²) in [5, 5.41) is 3.46. The molecule has 1 N–H and O–H groups in total. The van der Waals surface area contributed by atoms with E-state index in [9.17, 15) is 9.59 Å². The van der Waals surface area contributed by atoms with Crippen LogP contribution in [-0.2, 0) is 6.42 Å². The number of benzene rings is 3. The minimum absolute atomic E-state index is 0.0914. The lowest BCUT2D eigenvalue weighted by Gasteiger charge is -2.30. The first-order valence-corrected chi connectivity index (χ1v) is 10.7. The molecule has 0 radical (unpaired) electrons. The molecule has 0 aromatic heterocycles. The SMILES string of the molecule is CCOc1ccccc1NC(=O)c1ccc2c(c1)CCCN2C(=O)c1cccc(Cl)c1. The number of fused-ring (bicyclic) bond motifs is 1. The standard InChI is InChI=1S/C25H23ClN2O3/c1-2-31-23-11-4-3-10-21(23)27-24(29)18-12-13-22-17(15-18)8-6-14-28(22)25(30)19-7-5-9-20(26)16-19/h3-5,7,9-13,15-16H,2,6,8,14H2,1H3,(H,27,29). The van der Waals surface area contributed by atoms with Crippen molar-refractivity contribution in [3.8, 4) is 5.75 Å². The monoisotopic (exact) mass is 434 g/mol. The summed E-state index contributed by atoms with van der Waals surface area (Å²) in [6, 6.07) is 19.8. The van der Waals surface area contributed by atoms with Crippen molar-refractivity contribution in [3.05, 3.63) is 88.4 Å². The molecule has 1 heterocycles. The zero-order chi connectivity index (χ0) is 21.8. The third-order valence-electron chi connectivity index (χ3n) is 5.21. The van der Waals surface area contributed by atoms with Crippen molar-refractivity contribution in [2.75, 3.05) is 23.4 Å². The number of aryl methyl sites for hydroxylation is 1. The number of hydrogen-bond acceptors (Lipinski definition) is 3. The highest BCUT2D eigenvalue weighted by molar-refractivity contribution is 6.31. The van der Waals surface area contributed by atoms with Crippen LogP contribution in [0.25, 0.3) is 0 Å². The van der Waals surface area contributed by atoms with E-state index < -0.39 is 0 Å². The summed E-state index contributed by atoms with van der Waals surface area (Å²) >= 11 is 6.06. The quantitative estimate of drug-likeness (QED) is 0.570. The number of rotatable bonds is 5. The first-order valence-electron chi connectivity index (χ1n) is 10.3. The van der Waals surface area contributed by atoms with Crippen LogP contribution < -0.4 is 15.0 Å². The summed E-state index contributed by atoms with van der Waals surface area (Å²) in [4.78, 5) is 27.7. The lowest BCUT2D eigenvalue weighted by Crippen LogP contribution is -2.35. The summed E-state index contributed by atoms with van der Waals surface area (Å²) in [5.74, 6) is 0.328. The van der Waals surface area contributed by atoms with Gasteiger partial charge < -0.3 is 15.0 Å². The number of anilines is 2. The van der Waals surface area contributed by atoms with Gasteiger partial charge in [0.25, 0.3) is 11.8 Å². The van der Waals surface area contributed by atoms with Gasteiger partial charge in [-0.15, -0.1) is 0 Å². The number of nitrogens with zero attached hydrogens (tertiary/aromatic N) is 1. The number of halogens is 1. The van der Waals surface area contributed by atoms with E-state index in [4.69, 9.17) is 16.3 Å². The Morgan fingerprint density at radius 1 is 1.03 bits per heavy atom. The lowest BCUT2D eigenvalue weighted by atomic mass is 9.98. The Balaban J connectivity index is 1.57. The van der Waals surface area contributed by atoms with E-state index in [1.54, 1.807) is 35.2 Å². The molecule has 0 aliphatic carbocycles. The molecule has 2 amide bonds. The molecule has 158 valence electrons. The van der Waals surface area contributed by atoms with Crippen LogP contribution in [0.5, 0.6) is 5.75 Å². The smallest absolute Gasteiger partial charge is 0.258 e. The highest BCUT2D eigenvalue weighted by Crippen LogP contribution is 2.31. The summed E-state index contributed by atoms with van der Waals surface area (Å²) in [6.45, 7) is 3.05. The van der Waals surface area contributed by atoms with Gasteiger partial charge in [-0.3, -0.25) is 9.59 Å². The van der Waals surface area contributed by atoms with E-state index in [1.807, 2.05) is 43.3 Å². The van der Waals surface area contributed by atoms with Gasteiger partial charge in [0, 0.05) is 28.4 Å². The van der Waals surface area contributed by atoms with Crippen molar-refractivity contribution >= 4 is 34.8 Å². The molecular weight excluding hydrogens is 412 g/mol. The van der Waals surface area contributed by atoms with Crippen LogP contribution >= 0.6 is 11.6 Å². The van der Waals surface area contributed by atoms with Crippen molar-refractivity contribution in [1.29, 1.82) is 0 Å². The first-order chi connectivity index (χ1) is 15.1. The van der Waals surface area contributed by atoms with Crippen LogP contribution in [0.1, 0.15) is 39.6 Å². The Morgan fingerprint density at radius 2 is 1.87 bits per heavy atom. The van der Waals surface area contributed by atoms with Crippen molar-refractivity contribution in [2.45, 2.75) is 19.8 Å². The highest BCUT2D eigenvalue weighted by atomic mass is 35.5. The molecule has 0 unspecified atom stereocenters. The zero-order valence-electron chi connectivity index (χ0n) is 17.2. The molecule has 0 spiro atoms. The van der Waals surface area contributed by atoms with Gasteiger partial charge in [0.15, 0.2) is 0 Å². The second-order valence-corrected chi connectivity index (χ2v) is 7.73. The van der Waals surface area contributed by atoms with E-state index in [0.29, 0.717) is 40.7 Å². The number of nitrogens with one attached hydrogen (secondary N) is 1. The van der Waals surface area contributed by atoms with E-state index in [0.717, 1.165) is 24.1 Å². The van der Waals surface area contributed by atoms with Crippen molar-refractivity contribution < 1.29 is 14.3 Å². The third-order valence-corrected chi connectivity index (χ3v) is 5.45. The fourth-order valence-corrected chi connectivity index (χ4v) is 3.96. The molecule has 3 aromatic carbocycles. The summed E-state index contributed by atoms with van der Waals surface area (Å²) in [7, 11) is 0. The Hall–Kier alpha value is -3.31. The maximum atomic E-state index is 13.0. The van der Waals surface area contributed by atoms with Gasteiger partial charge in [-0.25, -0.2) is 0 Å². The largest absolute Gasteiger partial charge is 0.492 e. The molecule has 0 bridgehead atoms. The average Bonchev–Trinajstić information content (AvgIpc) is 2.79. The summed E-state index contributed by atoms with van der Waals surface area (Å²) < 4.78 is 5.59. The van der Waals surface area contributed by atoms with Gasteiger partial charge in [-0.1, -0.05) is 29.8 Å². The highest BCUT2D eigenvalue weighted by Gasteiger charge is 2.24. The molecule has 0 saturated carbocycles. The minimum atomic E-state index is -0.215. The van der Waals surface area contributed by atoms with E-state index in [-0.39, 0.29) is 11.8 Å². The van der Waals surface area contributed by atoms with E-state index >= 15 is 0 Å². The fraction of sp³-hybridized carbons (Fsp3) is 0.200. The molecule has 1 aliphatic heterocycles. The van der Waals surface area contributed by atoms with Gasteiger partial charge in [0.05, 0.1) is 12.3 Å². The number of hydrogen-bond donors (Lipinski definition) is 1. The molecule has 6 heteroatoms. The molecule has 4 rings (SSSR count).